The zero-order valence-electron chi connectivity index (χ0n) is 8.93. The van der Waals surface area contributed by atoms with E-state index in [1.165, 1.54) is 11.8 Å². The Labute approximate surface area is 125 Å². The number of rotatable bonds is 3. The summed E-state index contributed by atoms with van der Waals surface area (Å²) in [5.74, 6) is -0.936. The van der Waals surface area contributed by atoms with Crippen LogP contribution in [0, 0.1) is 0 Å². The van der Waals surface area contributed by atoms with Crippen LogP contribution >= 0.6 is 43.6 Å². The van der Waals surface area contributed by atoms with Crippen LogP contribution in [-0.4, -0.2) is 16.1 Å². The topological polar surface area (TPSA) is 50.2 Å². The molecule has 0 atom stereocenters. The molecule has 0 radical (unpaired) electrons. The van der Waals surface area contributed by atoms with Crippen LogP contribution in [-0.2, 0) is 0 Å². The van der Waals surface area contributed by atoms with Crippen molar-refractivity contribution in [1.82, 2.24) is 4.98 Å². The third kappa shape index (κ3) is 3.34. The molecule has 2 rings (SSSR count). The third-order valence-corrected chi connectivity index (χ3v) is 4.51. The standard InChI is InChI=1S/C12H7Br2NO2S/c13-8-2-4-11(15-6-8)18-10-3-1-7(12(16)17)5-9(10)14/h1-6H,(H,16,17). The van der Waals surface area contributed by atoms with E-state index in [1.54, 1.807) is 24.4 Å². The van der Waals surface area contributed by atoms with Gasteiger partial charge in [-0.1, -0.05) is 11.8 Å². The van der Waals surface area contributed by atoms with Crippen molar-refractivity contribution in [2.75, 3.05) is 0 Å². The molecule has 6 heteroatoms. The Hall–Kier alpha value is -0.850. The number of carboxylic acids is 1. The molecule has 0 saturated heterocycles. The van der Waals surface area contributed by atoms with E-state index in [-0.39, 0.29) is 5.56 Å². The Kier molecular flexibility index (Phi) is 4.42. The molecule has 92 valence electrons. The second-order valence-corrected chi connectivity index (χ2v) is 6.20. The highest BCUT2D eigenvalue weighted by Crippen LogP contribution is 2.33. The number of carboxylic acid groups (broad SMARTS) is 1. The van der Waals surface area contributed by atoms with Crippen LogP contribution in [0.2, 0.25) is 0 Å². The maximum Gasteiger partial charge on any atom is 0.335 e. The Bertz CT molecular complexity index is 587. The van der Waals surface area contributed by atoms with Crippen LogP contribution in [0.25, 0.3) is 0 Å². The largest absolute Gasteiger partial charge is 0.478 e. The summed E-state index contributed by atoms with van der Waals surface area (Å²) < 4.78 is 1.67. The van der Waals surface area contributed by atoms with E-state index in [2.05, 4.69) is 36.8 Å². The van der Waals surface area contributed by atoms with Crippen LogP contribution in [0.3, 0.4) is 0 Å². The summed E-state index contributed by atoms with van der Waals surface area (Å²) in [5, 5.41) is 9.72. The molecule has 0 unspecified atom stereocenters. The molecular weight excluding hydrogens is 382 g/mol. The van der Waals surface area contributed by atoms with Crippen molar-refractivity contribution in [2.24, 2.45) is 0 Å². The summed E-state index contributed by atoms with van der Waals surface area (Å²) in [7, 11) is 0. The normalized spacial score (nSPS) is 10.3. The van der Waals surface area contributed by atoms with Gasteiger partial charge in [-0.2, -0.15) is 0 Å². The van der Waals surface area contributed by atoms with Gasteiger partial charge in [-0.3, -0.25) is 0 Å². The quantitative estimate of drug-likeness (QED) is 0.843. The molecule has 0 aliphatic heterocycles. The van der Waals surface area contributed by atoms with Gasteiger partial charge < -0.3 is 5.11 Å². The van der Waals surface area contributed by atoms with Crippen LogP contribution in [0.5, 0.6) is 0 Å². The average Bonchev–Trinajstić information content (AvgIpc) is 2.34. The van der Waals surface area contributed by atoms with E-state index < -0.39 is 5.97 Å². The molecule has 0 amide bonds. The maximum absolute atomic E-state index is 10.8. The molecule has 1 aromatic heterocycles. The molecule has 1 N–H and O–H groups in total. The average molecular weight is 389 g/mol. The first-order valence-corrected chi connectivity index (χ1v) is 7.29. The number of pyridine rings is 1. The molecule has 0 spiro atoms. The number of aromatic carboxylic acids is 1. The second kappa shape index (κ2) is 5.86. The molecule has 3 nitrogen and oxygen atoms in total. The maximum atomic E-state index is 10.8. The van der Waals surface area contributed by atoms with E-state index in [1.807, 2.05) is 12.1 Å². The highest BCUT2D eigenvalue weighted by Gasteiger charge is 2.08. The van der Waals surface area contributed by atoms with Gasteiger partial charge in [0.2, 0.25) is 0 Å². The molecule has 0 aliphatic rings. The van der Waals surface area contributed by atoms with Gasteiger partial charge in [0.05, 0.1) is 5.56 Å². The molecule has 18 heavy (non-hydrogen) atoms. The first-order chi connectivity index (χ1) is 8.56. The van der Waals surface area contributed by atoms with Crippen molar-refractivity contribution in [3.63, 3.8) is 0 Å². The number of carbonyl (C=O) groups is 1. The van der Waals surface area contributed by atoms with Crippen molar-refractivity contribution >= 4 is 49.6 Å². The van der Waals surface area contributed by atoms with Crippen molar-refractivity contribution in [3.8, 4) is 0 Å². The molecule has 1 heterocycles. The Morgan fingerprint density at radius 2 is 2.00 bits per heavy atom. The molecule has 2 aromatic rings. The minimum Gasteiger partial charge on any atom is -0.478 e. The first-order valence-electron chi connectivity index (χ1n) is 4.88. The van der Waals surface area contributed by atoms with Gasteiger partial charge in [0, 0.05) is 20.0 Å². The Morgan fingerprint density at radius 1 is 1.22 bits per heavy atom. The number of aromatic nitrogens is 1. The summed E-state index contributed by atoms with van der Waals surface area (Å²) >= 11 is 8.16. The summed E-state index contributed by atoms with van der Waals surface area (Å²) in [6.07, 6.45) is 1.72. The smallest absolute Gasteiger partial charge is 0.335 e. The van der Waals surface area contributed by atoms with Gasteiger partial charge in [-0.25, -0.2) is 9.78 Å². The summed E-state index contributed by atoms with van der Waals surface area (Å²) in [6, 6.07) is 8.74. The van der Waals surface area contributed by atoms with Crippen LogP contribution in [0.1, 0.15) is 10.4 Å². The van der Waals surface area contributed by atoms with Crippen molar-refractivity contribution in [3.05, 3.63) is 51.0 Å². The van der Waals surface area contributed by atoms with Gasteiger partial charge in [0.15, 0.2) is 0 Å². The number of nitrogens with zero attached hydrogens (tertiary/aromatic N) is 1. The highest BCUT2D eigenvalue weighted by atomic mass is 79.9. The molecule has 0 aliphatic carbocycles. The van der Waals surface area contributed by atoms with Gasteiger partial charge in [-0.05, 0) is 62.2 Å². The lowest BCUT2D eigenvalue weighted by molar-refractivity contribution is 0.0696. The predicted octanol–water partition coefficient (Wildman–Crippen LogP) is 4.46. The van der Waals surface area contributed by atoms with E-state index in [4.69, 9.17) is 5.11 Å². The fraction of sp³-hybridized carbons (Fsp3) is 0. The summed E-state index contributed by atoms with van der Waals surface area (Å²) in [6.45, 7) is 0. The van der Waals surface area contributed by atoms with Gasteiger partial charge in [0.25, 0.3) is 0 Å². The number of benzene rings is 1. The van der Waals surface area contributed by atoms with Gasteiger partial charge in [-0.15, -0.1) is 0 Å². The van der Waals surface area contributed by atoms with E-state index in [0.29, 0.717) is 0 Å². The van der Waals surface area contributed by atoms with Gasteiger partial charge >= 0.3 is 5.97 Å². The fourth-order valence-corrected chi connectivity index (χ4v) is 2.87. The Balaban J connectivity index is 2.24. The second-order valence-electron chi connectivity index (χ2n) is 3.37. The zero-order chi connectivity index (χ0) is 13.1. The minimum atomic E-state index is -0.936. The molecule has 1 aromatic carbocycles. The van der Waals surface area contributed by atoms with Crippen LogP contribution in [0.4, 0.5) is 0 Å². The summed E-state index contributed by atoms with van der Waals surface area (Å²) in [5.41, 5.74) is 0.259. The van der Waals surface area contributed by atoms with E-state index in [0.717, 1.165) is 18.9 Å². The van der Waals surface area contributed by atoms with Crippen LogP contribution < -0.4 is 0 Å². The molecule has 0 bridgehead atoms. The molecular formula is C12H7Br2NO2S. The Morgan fingerprint density at radius 3 is 2.56 bits per heavy atom. The SMILES string of the molecule is O=C(O)c1ccc(Sc2ccc(Br)cn2)c(Br)c1. The summed E-state index contributed by atoms with van der Waals surface area (Å²) in [4.78, 5) is 16.0. The predicted molar refractivity (Wildman–Crippen MR) is 77.2 cm³/mol. The molecule has 0 saturated carbocycles. The lowest BCUT2D eigenvalue weighted by Crippen LogP contribution is -1.95. The number of hydrogen-bond donors (Lipinski definition) is 1. The fourth-order valence-electron chi connectivity index (χ4n) is 1.25. The van der Waals surface area contributed by atoms with Crippen molar-refractivity contribution in [1.29, 1.82) is 0 Å². The third-order valence-electron chi connectivity index (χ3n) is 2.09. The lowest BCUT2D eigenvalue weighted by Gasteiger charge is -2.04. The zero-order valence-corrected chi connectivity index (χ0v) is 12.9. The van der Waals surface area contributed by atoms with Crippen LogP contribution in [0.15, 0.2) is 55.4 Å². The van der Waals surface area contributed by atoms with Gasteiger partial charge in [0.1, 0.15) is 5.03 Å². The van der Waals surface area contributed by atoms with Crippen molar-refractivity contribution < 1.29 is 9.90 Å². The van der Waals surface area contributed by atoms with E-state index in [9.17, 15) is 4.79 Å². The monoisotopic (exact) mass is 387 g/mol. The molecule has 0 fully saturated rings. The van der Waals surface area contributed by atoms with Crippen molar-refractivity contribution in [2.45, 2.75) is 9.92 Å². The highest BCUT2D eigenvalue weighted by molar-refractivity contribution is 9.10. The van der Waals surface area contributed by atoms with E-state index >= 15 is 0 Å². The minimum absolute atomic E-state index is 0.259. The lowest BCUT2D eigenvalue weighted by atomic mass is 10.2. The first kappa shape index (κ1) is 13.6. The number of halogens is 2. The number of hydrogen-bond acceptors (Lipinski definition) is 3.